The number of carbonyl (C=O) groups excluding carboxylic acids is 1. The third-order valence-corrected chi connectivity index (χ3v) is 4.65. The quantitative estimate of drug-likeness (QED) is 0.548. The number of ketones is 1. The van der Waals surface area contributed by atoms with Gasteiger partial charge in [-0.05, 0) is 57.2 Å². The summed E-state index contributed by atoms with van der Waals surface area (Å²) in [5.41, 5.74) is 6.50. The van der Waals surface area contributed by atoms with Gasteiger partial charge in [-0.1, -0.05) is 11.6 Å². The zero-order valence-electron chi connectivity index (χ0n) is 15.3. The Bertz CT molecular complexity index is 1160. The summed E-state index contributed by atoms with van der Waals surface area (Å²) in [7, 11) is 1.91. The molecule has 4 rings (SSSR count). The number of fused-ring (bicyclic) bond motifs is 2. The summed E-state index contributed by atoms with van der Waals surface area (Å²) in [4.78, 5) is 16.3. The normalized spacial score (nSPS) is 11.2. The minimum absolute atomic E-state index is 0.0621. The van der Waals surface area contributed by atoms with Crippen molar-refractivity contribution in [3.05, 3.63) is 59.3 Å². The lowest BCUT2D eigenvalue weighted by atomic mass is 10.1. The molecule has 0 atom stereocenters. The van der Waals surface area contributed by atoms with E-state index in [0.29, 0.717) is 5.56 Å². The summed E-state index contributed by atoms with van der Waals surface area (Å²) in [6.07, 6.45) is 0. The van der Waals surface area contributed by atoms with Crippen molar-refractivity contribution in [2.24, 2.45) is 7.05 Å². The van der Waals surface area contributed by atoms with E-state index in [1.807, 2.05) is 49.0 Å². The Morgan fingerprint density at radius 2 is 1.81 bits per heavy atom. The molecule has 0 fully saturated rings. The number of pyridine rings is 1. The first kappa shape index (κ1) is 16.3. The molecule has 2 heterocycles. The smallest absolute Gasteiger partial charge is 0.160 e. The summed E-state index contributed by atoms with van der Waals surface area (Å²) in [6.45, 7) is 5.64. The number of nitrogens with zero attached hydrogens (tertiary/aromatic N) is 3. The molecular weight excluding hydrogens is 324 g/mol. The topological polar surface area (TPSA) is 59.8 Å². The van der Waals surface area contributed by atoms with Gasteiger partial charge in [-0.25, -0.2) is 4.98 Å². The second-order valence-corrected chi connectivity index (χ2v) is 6.67. The van der Waals surface area contributed by atoms with Crippen molar-refractivity contribution in [2.75, 3.05) is 5.32 Å². The van der Waals surface area contributed by atoms with Gasteiger partial charge in [-0.2, -0.15) is 5.10 Å². The Morgan fingerprint density at radius 3 is 2.50 bits per heavy atom. The van der Waals surface area contributed by atoms with Crippen LogP contribution in [-0.2, 0) is 7.05 Å². The fraction of sp³-hybridized carbons (Fsp3) is 0.190. The molecule has 2 aromatic heterocycles. The number of benzene rings is 2. The largest absolute Gasteiger partial charge is 0.354 e. The van der Waals surface area contributed by atoms with Crippen LogP contribution in [0.2, 0.25) is 0 Å². The zero-order valence-corrected chi connectivity index (χ0v) is 15.3. The predicted molar refractivity (Wildman–Crippen MR) is 105 cm³/mol. The van der Waals surface area contributed by atoms with Crippen molar-refractivity contribution in [1.82, 2.24) is 14.8 Å². The Morgan fingerprint density at radius 1 is 1.08 bits per heavy atom. The standard InChI is InChI=1S/C21H20N4O/c1-12-5-10-18-17(11-12)20(19-13(2)24-25(4)21(19)23-18)22-16-8-6-15(7-9-16)14(3)26/h5-11H,1-4H3,(H,22,23). The number of Topliss-reactive ketones (excluding diaryl/α,β-unsaturated/α-hetero) is 1. The van der Waals surface area contributed by atoms with E-state index in [4.69, 9.17) is 4.98 Å². The van der Waals surface area contributed by atoms with Gasteiger partial charge in [0, 0.05) is 23.7 Å². The molecule has 0 radical (unpaired) electrons. The average molecular weight is 344 g/mol. The first-order chi connectivity index (χ1) is 12.4. The monoisotopic (exact) mass is 344 g/mol. The Kier molecular flexibility index (Phi) is 3.72. The zero-order chi connectivity index (χ0) is 18.4. The molecule has 0 unspecified atom stereocenters. The lowest BCUT2D eigenvalue weighted by Gasteiger charge is -2.13. The van der Waals surface area contributed by atoms with E-state index in [2.05, 4.69) is 29.5 Å². The minimum Gasteiger partial charge on any atom is -0.354 e. The molecule has 26 heavy (non-hydrogen) atoms. The number of hydrogen-bond acceptors (Lipinski definition) is 4. The summed E-state index contributed by atoms with van der Waals surface area (Å²) >= 11 is 0. The van der Waals surface area contributed by atoms with E-state index in [1.165, 1.54) is 5.56 Å². The third-order valence-electron chi connectivity index (χ3n) is 4.65. The number of rotatable bonds is 3. The highest BCUT2D eigenvalue weighted by Gasteiger charge is 2.16. The van der Waals surface area contributed by atoms with Crippen molar-refractivity contribution in [3.8, 4) is 0 Å². The van der Waals surface area contributed by atoms with Gasteiger partial charge in [0.25, 0.3) is 0 Å². The maximum absolute atomic E-state index is 11.5. The van der Waals surface area contributed by atoms with Crippen LogP contribution in [0.15, 0.2) is 42.5 Å². The lowest BCUT2D eigenvalue weighted by Crippen LogP contribution is -1.98. The van der Waals surface area contributed by atoms with Crippen LogP contribution in [-0.4, -0.2) is 20.5 Å². The van der Waals surface area contributed by atoms with Gasteiger partial charge in [0.05, 0.1) is 22.3 Å². The molecule has 0 aliphatic carbocycles. The van der Waals surface area contributed by atoms with Crippen LogP contribution in [0.3, 0.4) is 0 Å². The van der Waals surface area contributed by atoms with E-state index in [0.717, 1.165) is 39.0 Å². The maximum Gasteiger partial charge on any atom is 0.160 e. The second-order valence-electron chi connectivity index (χ2n) is 6.67. The molecule has 1 N–H and O–H groups in total. The number of aryl methyl sites for hydroxylation is 3. The number of hydrogen-bond donors (Lipinski definition) is 1. The van der Waals surface area contributed by atoms with E-state index < -0.39 is 0 Å². The highest BCUT2D eigenvalue weighted by Crippen LogP contribution is 2.35. The van der Waals surface area contributed by atoms with Crippen LogP contribution in [0, 0.1) is 13.8 Å². The fourth-order valence-corrected chi connectivity index (χ4v) is 3.33. The van der Waals surface area contributed by atoms with Gasteiger partial charge < -0.3 is 5.32 Å². The fourth-order valence-electron chi connectivity index (χ4n) is 3.33. The second kappa shape index (κ2) is 5.95. The average Bonchev–Trinajstić information content (AvgIpc) is 2.89. The number of carbonyl (C=O) groups is 1. The summed E-state index contributed by atoms with van der Waals surface area (Å²) in [5.74, 6) is 0.0621. The van der Waals surface area contributed by atoms with Crippen molar-refractivity contribution >= 4 is 39.1 Å². The minimum atomic E-state index is 0.0621. The molecule has 5 nitrogen and oxygen atoms in total. The van der Waals surface area contributed by atoms with E-state index >= 15 is 0 Å². The first-order valence-corrected chi connectivity index (χ1v) is 8.56. The van der Waals surface area contributed by atoms with Gasteiger partial charge >= 0.3 is 0 Å². The molecule has 0 amide bonds. The van der Waals surface area contributed by atoms with Crippen LogP contribution >= 0.6 is 0 Å². The molecule has 0 bridgehead atoms. The van der Waals surface area contributed by atoms with Crippen LogP contribution < -0.4 is 5.32 Å². The summed E-state index contributed by atoms with van der Waals surface area (Å²) < 4.78 is 1.81. The summed E-state index contributed by atoms with van der Waals surface area (Å²) in [5, 5.41) is 10.2. The lowest BCUT2D eigenvalue weighted by molar-refractivity contribution is 0.101. The van der Waals surface area contributed by atoms with Crippen LogP contribution in [0.4, 0.5) is 11.4 Å². The van der Waals surface area contributed by atoms with E-state index in [9.17, 15) is 4.79 Å². The molecular formula is C21H20N4O. The molecule has 4 aromatic rings. The maximum atomic E-state index is 11.5. The third kappa shape index (κ3) is 2.62. The van der Waals surface area contributed by atoms with Gasteiger partial charge in [-0.3, -0.25) is 9.48 Å². The molecule has 0 spiro atoms. The SMILES string of the molecule is CC(=O)c1ccc(Nc2c3cc(C)ccc3nc3c2c(C)nn3C)cc1. The van der Waals surface area contributed by atoms with Crippen LogP contribution in [0.25, 0.3) is 21.9 Å². The van der Waals surface area contributed by atoms with Crippen LogP contribution in [0.1, 0.15) is 28.5 Å². The van der Waals surface area contributed by atoms with Gasteiger partial charge in [-0.15, -0.1) is 0 Å². The number of aromatic nitrogens is 3. The molecule has 0 saturated carbocycles. The molecule has 2 aromatic carbocycles. The van der Waals surface area contributed by atoms with Gasteiger partial charge in [0.15, 0.2) is 11.4 Å². The Balaban J connectivity index is 1.95. The molecule has 0 saturated heterocycles. The highest BCUT2D eigenvalue weighted by atomic mass is 16.1. The molecule has 5 heteroatoms. The first-order valence-electron chi connectivity index (χ1n) is 8.56. The van der Waals surface area contributed by atoms with Crippen molar-refractivity contribution in [3.63, 3.8) is 0 Å². The van der Waals surface area contributed by atoms with E-state index in [-0.39, 0.29) is 5.78 Å². The molecule has 130 valence electrons. The predicted octanol–water partition coefficient (Wildman–Crippen LogP) is 4.68. The van der Waals surface area contributed by atoms with Crippen molar-refractivity contribution in [2.45, 2.75) is 20.8 Å². The number of nitrogens with one attached hydrogen (secondary N) is 1. The van der Waals surface area contributed by atoms with E-state index in [1.54, 1.807) is 6.92 Å². The summed E-state index contributed by atoms with van der Waals surface area (Å²) in [6, 6.07) is 13.8. The molecule has 0 aliphatic rings. The highest BCUT2D eigenvalue weighted by molar-refractivity contribution is 6.09. The van der Waals surface area contributed by atoms with Crippen molar-refractivity contribution < 1.29 is 4.79 Å². The van der Waals surface area contributed by atoms with Crippen molar-refractivity contribution in [1.29, 1.82) is 0 Å². The molecule has 0 aliphatic heterocycles. The van der Waals surface area contributed by atoms with Gasteiger partial charge in [0.2, 0.25) is 0 Å². The Labute approximate surface area is 151 Å². The van der Waals surface area contributed by atoms with Crippen LogP contribution in [0.5, 0.6) is 0 Å². The Hall–Kier alpha value is -3.21. The van der Waals surface area contributed by atoms with Gasteiger partial charge in [0.1, 0.15) is 0 Å². The number of anilines is 2.